The average Bonchev–Trinajstić information content (AvgIpc) is 3.00. The summed E-state index contributed by atoms with van der Waals surface area (Å²) >= 11 is 0. The van der Waals surface area contributed by atoms with Crippen LogP contribution in [0.5, 0.6) is 11.5 Å². The first kappa shape index (κ1) is 48.6. The van der Waals surface area contributed by atoms with Crippen molar-refractivity contribution < 1.29 is 131 Å². The summed E-state index contributed by atoms with van der Waals surface area (Å²) < 4.78 is 68.4. The van der Waals surface area contributed by atoms with E-state index in [1.807, 2.05) is 0 Å². The summed E-state index contributed by atoms with van der Waals surface area (Å²) in [6.45, 7) is 2.70. The van der Waals surface area contributed by atoms with Crippen molar-refractivity contribution in [3.05, 3.63) is 94.0 Å². The summed E-state index contributed by atoms with van der Waals surface area (Å²) in [6.07, 6.45) is 2.23. The van der Waals surface area contributed by atoms with Crippen LogP contribution in [0.4, 0.5) is 22.7 Å². The van der Waals surface area contributed by atoms with Gasteiger partial charge in [-0.15, -0.1) is 0 Å². The number of aryl methyl sites for hydroxylation is 2. The number of carbonyl (C=O) groups is 2. The van der Waals surface area contributed by atoms with E-state index in [4.69, 9.17) is 0 Å². The maximum Gasteiger partial charge on any atom is 1.00 e. The summed E-state index contributed by atoms with van der Waals surface area (Å²) in [6, 6.07) is 11.1. The fourth-order valence-electron chi connectivity index (χ4n) is 4.23. The van der Waals surface area contributed by atoms with Gasteiger partial charge in [0.2, 0.25) is 0 Å². The Kier molecular flexibility index (Phi) is 18.3. The molecular formula is C30H20Li4N4O12S2. The Hall–Kier alpha value is -3.43. The average molecular weight is 720 g/mol. The molecule has 0 spiro atoms. The molecule has 0 amide bonds. The van der Waals surface area contributed by atoms with Gasteiger partial charge >= 0.3 is 75.4 Å². The van der Waals surface area contributed by atoms with Crippen molar-refractivity contribution in [1.82, 2.24) is 0 Å². The van der Waals surface area contributed by atoms with Gasteiger partial charge < -0.3 is 30.0 Å². The van der Waals surface area contributed by atoms with Gasteiger partial charge in [0, 0.05) is 0 Å². The maximum absolute atomic E-state index is 12.2. The fourth-order valence-corrected chi connectivity index (χ4v) is 5.64. The van der Waals surface area contributed by atoms with Gasteiger partial charge in [-0.1, -0.05) is 46.9 Å². The van der Waals surface area contributed by atoms with Crippen LogP contribution < -0.4 is 95.9 Å². The number of azo groups is 2. The molecule has 0 atom stereocenters. The van der Waals surface area contributed by atoms with E-state index in [1.54, 1.807) is 0 Å². The molecule has 0 aliphatic heterocycles. The number of hydrogen-bond donors (Lipinski definition) is 2. The van der Waals surface area contributed by atoms with Crippen LogP contribution in [0.15, 0.2) is 90.9 Å². The van der Waals surface area contributed by atoms with Crippen LogP contribution in [-0.2, 0) is 20.2 Å². The third kappa shape index (κ3) is 12.1. The van der Waals surface area contributed by atoms with E-state index in [1.165, 1.54) is 50.2 Å². The molecule has 0 heterocycles. The normalized spacial score (nSPS) is 11.4. The van der Waals surface area contributed by atoms with Crippen LogP contribution in [-0.4, -0.2) is 37.9 Å². The molecule has 16 nitrogen and oxygen atoms in total. The van der Waals surface area contributed by atoms with Gasteiger partial charge in [-0.25, -0.2) is 0 Å². The number of carboxylic acids is 2. The number of hydrogen-bond acceptors (Lipinski definition) is 14. The number of carbonyl (C=O) groups excluding carboxylic acids is 2. The van der Waals surface area contributed by atoms with Crippen LogP contribution in [0.25, 0.3) is 12.2 Å². The number of rotatable bonds is 10. The third-order valence-electron chi connectivity index (χ3n) is 6.51. The van der Waals surface area contributed by atoms with E-state index in [-0.39, 0.29) is 120 Å². The zero-order chi connectivity index (χ0) is 35.6. The Morgan fingerprint density at radius 3 is 1.15 bits per heavy atom. The first-order valence-corrected chi connectivity index (χ1v) is 16.0. The maximum atomic E-state index is 12.2. The number of carboxylic acid groups (broad SMARTS) is 2. The van der Waals surface area contributed by atoms with Crippen molar-refractivity contribution in [3.63, 3.8) is 0 Å². The third-order valence-corrected chi connectivity index (χ3v) is 8.33. The minimum atomic E-state index is -4.90. The van der Waals surface area contributed by atoms with Crippen molar-refractivity contribution in [2.45, 2.75) is 23.6 Å². The molecule has 22 heteroatoms. The minimum absolute atomic E-state index is 0. The van der Waals surface area contributed by atoms with E-state index in [9.17, 15) is 56.0 Å². The predicted molar refractivity (Wildman–Crippen MR) is 160 cm³/mol. The van der Waals surface area contributed by atoms with Crippen LogP contribution in [0.1, 0.15) is 43.0 Å². The number of benzene rings is 4. The molecule has 4 aromatic carbocycles. The Morgan fingerprint density at radius 2 is 0.865 bits per heavy atom. The summed E-state index contributed by atoms with van der Waals surface area (Å²) in [5.74, 6) is -4.99. The molecule has 4 aromatic rings. The van der Waals surface area contributed by atoms with E-state index in [0.29, 0.717) is 0 Å². The topological polar surface area (TPSA) is 285 Å². The van der Waals surface area contributed by atoms with Crippen molar-refractivity contribution in [3.8, 4) is 11.5 Å². The molecule has 0 unspecified atom stereocenters. The molecule has 0 aliphatic carbocycles. The molecule has 0 aromatic heterocycles. The van der Waals surface area contributed by atoms with Crippen LogP contribution >= 0.6 is 0 Å². The minimum Gasteiger partial charge on any atom is -0.872 e. The van der Waals surface area contributed by atoms with Crippen LogP contribution in [0.2, 0.25) is 0 Å². The van der Waals surface area contributed by atoms with Gasteiger partial charge in [-0.05, 0) is 84.6 Å². The monoisotopic (exact) mass is 720 g/mol. The van der Waals surface area contributed by atoms with Gasteiger partial charge in [-0.2, -0.15) is 37.3 Å². The summed E-state index contributed by atoms with van der Waals surface area (Å²) in [7, 11) is -9.80. The Morgan fingerprint density at radius 1 is 0.558 bits per heavy atom. The van der Waals surface area contributed by atoms with Gasteiger partial charge in [0.05, 0.1) is 34.7 Å². The zero-order valence-electron chi connectivity index (χ0n) is 28.5. The predicted octanol–water partition coefficient (Wildman–Crippen LogP) is -9.31. The largest absolute Gasteiger partial charge is 1.00 e. The van der Waals surface area contributed by atoms with Gasteiger partial charge in [0.15, 0.2) is 0 Å². The molecule has 4 rings (SSSR count). The first-order chi connectivity index (χ1) is 22.3. The number of nitrogens with zero attached hydrogens (tertiary/aromatic N) is 4. The van der Waals surface area contributed by atoms with Crippen molar-refractivity contribution in [2.75, 3.05) is 0 Å². The van der Waals surface area contributed by atoms with Gasteiger partial charge in [0.1, 0.15) is 9.79 Å². The molecule has 0 aliphatic rings. The first-order valence-electron chi connectivity index (χ1n) is 13.2. The van der Waals surface area contributed by atoms with E-state index in [0.717, 1.165) is 36.4 Å². The van der Waals surface area contributed by atoms with Gasteiger partial charge in [0.25, 0.3) is 20.2 Å². The second-order valence-corrected chi connectivity index (χ2v) is 12.8. The SMILES string of the molecule is Cc1cc(N=Nc2ccc(C=Cc3ccc(N=Nc4cc(C)c([O-])c(C(=O)[O-])c4)cc3S(=O)(=O)O)c(S(=O)(=O)O)c2)cc(C(=O)[O-])c1[O-].[Li+].[Li+].[Li+].[Li+]. The molecule has 52 heavy (non-hydrogen) atoms. The Labute approximate surface area is 345 Å². The molecule has 0 fully saturated rings. The van der Waals surface area contributed by atoms with Crippen LogP contribution in [0, 0.1) is 13.8 Å². The fraction of sp³-hybridized carbons (Fsp3) is 0.0667. The molecule has 2 N–H and O–H groups in total. The molecule has 248 valence electrons. The zero-order valence-corrected chi connectivity index (χ0v) is 30.1. The summed E-state index contributed by atoms with van der Waals surface area (Å²) in [5, 5.41) is 61.6. The molecule has 0 saturated heterocycles. The standard InChI is InChI=1S/C30H24N4O12S2.4Li/c1-15-9-21(11-23(27(15)35)29(37)38)33-31-19-7-5-17(25(13-19)47(41,42)43)3-4-18-6-8-20(14-26(18)48(44,45)46)32-34-22-10-16(2)28(36)24(12-22)30(39)40;;;;/h3-14,35-36H,1-2H3,(H,37,38)(H,39,40)(H,41,42,43)(H,44,45,46);;;;/q;4*+1/p-4. The Balaban J connectivity index is 0.00000650. The van der Waals surface area contributed by atoms with Crippen molar-refractivity contribution >= 4 is 67.1 Å². The van der Waals surface area contributed by atoms with Crippen molar-refractivity contribution in [2.24, 2.45) is 20.5 Å². The smallest absolute Gasteiger partial charge is 0.872 e. The molecule has 0 radical (unpaired) electrons. The quantitative estimate of drug-likeness (QED) is 0.0669. The van der Waals surface area contributed by atoms with Crippen molar-refractivity contribution in [1.29, 1.82) is 0 Å². The van der Waals surface area contributed by atoms with E-state index >= 15 is 0 Å². The van der Waals surface area contributed by atoms with Crippen LogP contribution in [0.3, 0.4) is 0 Å². The second-order valence-electron chi connectivity index (χ2n) is 9.98. The summed E-state index contributed by atoms with van der Waals surface area (Å²) in [4.78, 5) is 21.1. The molecular weight excluding hydrogens is 700 g/mol. The summed E-state index contributed by atoms with van der Waals surface area (Å²) in [5.41, 5.74) is -1.84. The van der Waals surface area contributed by atoms with E-state index in [2.05, 4.69) is 20.5 Å². The molecule has 0 saturated carbocycles. The van der Waals surface area contributed by atoms with E-state index < -0.39 is 64.6 Å². The molecule has 0 bridgehead atoms. The second kappa shape index (κ2) is 19.6. The Bertz CT molecular complexity index is 2160. The number of aromatic carboxylic acids is 2. The van der Waals surface area contributed by atoms with Gasteiger partial charge in [-0.3, -0.25) is 9.11 Å².